The molecule has 0 aliphatic heterocycles. The molecule has 0 bridgehead atoms. The van der Waals surface area contributed by atoms with Gasteiger partial charge >= 0.3 is 29.6 Å². The minimum absolute atomic E-state index is 0. The fourth-order valence-electron chi connectivity index (χ4n) is 0.492. The Morgan fingerprint density at radius 1 is 1.50 bits per heavy atom. The Labute approximate surface area is 80.1 Å². The van der Waals surface area contributed by atoms with Gasteiger partial charge in [0.25, 0.3) is 0 Å². The van der Waals surface area contributed by atoms with Crippen LogP contribution >= 0.6 is 0 Å². The van der Waals surface area contributed by atoms with Crippen LogP contribution in [0.2, 0.25) is 0 Å². The van der Waals surface area contributed by atoms with Crippen LogP contribution in [0.3, 0.4) is 0 Å². The maximum Gasteiger partial charge on any atom is 1.00 e. The summed E-state index contributed by atoms with van der Waals surface area (Å²) in [4.78, 5) is 0. The predicted octanol–water partition coefficient (Wildman–Crippen LogP) is -0.884. The Balaban J connectivity index is 0. The molecular weight excluding hydrogens is 127 g/mol. The molecule has 1 unspecified atom stereocenters. The summed E-state index contributed by atoms with van der Waals surface area (Å²) in [6, 6.07) is 0. The van der Waals surface area contributed by atoms with Gasteiger partial charge in [-0.05, 0) is 0 Å². The summed E-state index contributed by atoms with van der Waals surface area (Å²) < 4.78 is 0. The van der Waals surface area contributed by atoms with Crippen LogP contribution < -0.4 is 29.6 Å². The third-order valence-corrected chi connectivity index (χ3v) is 1.20. The first-order valence-electron chi connectivity index (χ1n) is 2.93. The van der Waals surface area contributed by atoms with E-state index in [2.05, 4.69) is 13.8 Å². The van der Waals surface area contributed by atoms with Crippen molar-refractivity contribution >= 4 is 12.6 Å². The Kier molecular flexibility index (Phi) is 12.6. The molecule has 0 rings (SSSR count). The van der Waals surface area contributed by atoms with Gasteiger partial charge in [0.1, 0.15) is 0 Å². The summed E-state index contributed by atoms with van der Waals surface area (Å²) in [5, 5.41) is 0.486. The Bertz CT molecular complexity index is 37.5. The minimum Gasteiger partial charge on any atom is -0.789 e. The molecule has 0 saturated heterocycles. The van der Waals surface area contributed by atoms with Crippen molar-refractivity contribution in [3.8, 4) is 0 Å². The second kappa shape index (κ2) is 8.35. The van der Waals surface area contributed by atoms with Crippen LogP contribution in [0, 0.1) is 0 Å². The SMILES string of the molecule is CCCCC(C)[S-].[Na+]. The fourth-order valence-corrected chi connectivity index (χ4v) is 0.658. The number of unbranched alkanes of at least 4 members (excludes halogenated alkanes) is 1. The van der Waals surface area contributed by atoms with Crippen LogP contribution in [0.25, 0.3) is 0 Å². The van der Waals surface area contributed by atoms with Crippen molar-refractivity contribution in [1.29, 1.82) is 0 Å². The Hall–Kier alpha value is 1.35. The third-order valence-electron chi connectivity index (χ3n) is 0.964. The summed E-state index contributed by atoms with van der Waals surface area (Å²) in [5.74, 6) is 0. The van der Waals surface area contributed by atoms with Crippen LogP contribution in [-0.2, 0) is 12.6 Å². The standard InChI is InChI=1S/C6H14S.Na/c1-3-4-5-6(2)7;/h6-7H,3-5H2,1-2H3;/q;+1/p-1. The van der Waals surface area contributed by atoms with Crippen molar-refractivity contribution in [2.75, 3.05) is 0 Å². The normalized spacial score (nSPS) is 12.4. The first-order valence-corrected chi connectivity index (χ1v) is 3.40. The van der Waals surface area contributed by atoms with E-state index in [1.165, 1.54) is 19.3 Å². The van der Waals surface area contributed by atoms with Crippen molar-refractivity contribution in [1.82, 2.24) is 0 Å². The molecular formula is C6H13NaS. The molecule has 0 aromatic carbocycles. The average Bonchev–Trinajstić information content (AvgIpc) is 1.61. The second-order valence-electron chi connectivity index (χ2n) is 1.95. The third kappa shape index (κ3) is 10.4. The first-order chi connectivity index (χ1) is 3.27. The molecule has 44 valence electrons. The van der Waals surface area contributed by atoms with Gasteiger partial charge in [0.05, 0.1) is 0 Å². The maximum absolute atomic E-state index is 4.94. The van der Waals surface area contributed by atoms with Crippen molar-refractivity contribution in [2.45, 2.75) is 38.4 Å². The van der Waals surface area contributed by atoms with Gasteiger partial charge in [-0.1, -0.05) is 33.1 Å². The molecule has 0 aromatic rings. The van der Waals surface area contributed by atoms with Gasteiger partial charge in [0.2, 0.25) is 0 Å². The van der Waals surface area contributed by atoms with E-state index in [1.54, 1.807) is 0 Å². The van der Waals surface area contributed by atoms with E-state index in [9.17, 15) is 0 Å². The van der Waals surface area contributed by atoms with E-state index in [0.717, 1.165) is 0 Å². The van der Waals surface area contributed by atoms with Gasteiger partial charge in [-0.25, -0.2) is 0 Å². The molecule has 0 saturated carbocycles. The number of hydrogen-bond acceptors (Lipinski definition) is 1. The smallest absolute Gasteiger partial charge is 0.789 e. The van der Waals surface area contributed by atoms with Crippen LogP contribution in [0.5, 0.6) is 0 Å². The zero-order valence-electron chi connectivity index (χ0n) is 6.11. The van der Waals surface area contributed by atoms with E-state index in [1.807, 2.05) is 0 Å². The van der Waals surface area contributed by atoms with Gasteiger partial charge in [-0.15, -0.1) is 0 Å². The molecule has 0 nitrogen and oxygen atoms in total. The largest absolute Gasteiger partial charge is 1.00 e. The van der Waals surface area contributed by atoms with Gasteiger partial charge in [-0.3, -0.25) is 0 Å². The van der Waals surface area contributed by atoms with E-state index >= 15 is 0 Å². The second-order valence-corrected chi connectivity index (χ2v) is 2.76. The molecule has 1 atom stereocenters. The van der Waals surface area contributed by atoms with Crippen molar-refractivity contribution < 1.29 is 29.6 Å². The first kappa shape index (κ1) is 12.1. The topological polar surface area (TPSA) is 0 Å². The van der Waals surface area contributed by atoms with Crippen molar-refractivity contribution in [2.24, 2.45) is 0 Å². The summed E-state index contributed by atoms with van der Waals surface area (Å²) in [7, 11) is 0. The zero-order chi connectivity index (χ0) is 5.70. The monoisotopic (exact) mass is 140 g/mol. The minimum atomic E-state index is 0. The van der Waals surface area contributed by atoms with Gasteiger partial charge in [0, 0.05) is 0 Å². The average molecular weight is 140 g/mol. The molecule has 0 radical (unpaired) electrons. The molecule has 2 heteroatoms. The number of hydrogen-bond donors (Lipinski definition) is 0. The molecule has 0 aliphatic rings. The van der Waals surface area contributed by atoms with Gasteiger partial charge in [0.15, 0.2) is 0 Å². The predicted molar refractivity (Wildman–Crippen MR) is 36.4 cm³/mol. The number of rotatable bonds is 3. The fraction of sp³-hybridized carbons (Fsp3) is 1.00. The molecule has 0 aromatic heterocycles. The van der Waals surface area contributed by atoms with Crippen LogP contribution in [-0.4, -0.2) is 5.25 Å². The quantitative estimate of drug-likeness (QED) is 0.362. The Morgan fingerprint density at radius 3 is 2.12 bits per heavy atom. The Morgan fingerprint density at radius 2 is 2.00 bits per heavy atom. The summed E-state index contributed by atoms with van der Waals surface area (Å²) in [6.07, 6.45) is 3.79. The van der Waals surface area contributed by atoms with Gasteiger partial charge < -0.3 is 12.6 Å². The molecule has 0 amide bonds. The molecule has 8 heavy (non-hydrogen) atoms. The zero-order valence-corrected chi connectivity index (χ0v) is 8.92. The van der Waals surface area contributed by atoms with Crippen molar-refractivity contribution in [3.63, 3.8) is 0 Å². The summed E-state index contributed by atoms with van der Waals surface area (Å²) in [6.45, 7) is 4.28. The summed E-state index contributed by atoms with van der Waals surface area (Å²) >= 11 is 4.94. The molecule has 0 N–H and O–H groups in total. The van der Waals surface area contributed by atoms with E-state index in [4.69, 9.17) is 12.6 Å². The van der Waals surface area contributed by atoms with Crippen LogP contribution in [0.1, 0.15) is 33.1 Å². The molecule has 0 fully saturated rings. The van der Waals surface area contributed by atoms with E-state index in [0.29, 0.717) is 5.25 Å². The van der Waals surface area contributed by atoms with Crippen LogP contribution in [0.4, 0.5) is 0 Å². The van der Waals surface area contributed by atoms with Crippen molar-refractivity contribution in [3.05, 3.63) is 0 Å². The van der Waals surface area contributed by atoms with E-state index in [-0.39, 0.29) is 29.6 Å². The molecule has 0 aliphatic carbocycles. The maximum atomic E-state index is 4.94. The van der Waals surface area contributed by atoms with E-state index < -0.39 is 0 Å². The van der Waals surface area contributed by atoms with Crippen LogP contribution in [0.15, 0.2) is 0 Å². The molecule has 0 heterocycles. The molecule has 0 spiro atoms. The summed E-state index contributed by atoms with van der Waals surface area (Å²) in [5.41, 5.74) is 0. The van der Waals surface area contributed by atoms with Gasteiger partial charge in [-0.2, -0.15) is 5.25 Å².